The molecule has 11 nitrogen and oxygen atoms in total. The molecule has 3 aromatic heterocycles. The molecule has 4 aromatic rings. The largest absolute Gasteiger partial charge is 0.494 e. The Morgan fingerprint density at radius 2 is 1.89 bits per heavy atom. The van der Waals surface area contributed by atoms with Gasteiger partial charge in [0.05, 0.1) is 36.1 Å². The second-order valence-electron chi connectivity index (χ2n) is 14.1. The first-order valence-corrected chi connectivity index (χ1v) is 16.0. The van der Waals surface area contributed by atoms with Gasteiger partial charge in [0.25, 0.3) is 5.91 Å². The SMILES string of the molecule is COc1cc(C(=O)N2C3CCC2[C@H](NC(=O)OC(C)(C)C)C3)cc2nc(-c3cc4ccc([C@@H](C)N)nc4n3CC3CC3)n(C)c12. The molecule has 2 unspecified atom stereocenters. The number of alkyl carbamates (subject to hydrolysis) is 1. The maximum absolute atomic E-state index is 14.1. The summed E-state index contributed by atoms with van der Waals surface area (Å²) >= 11 is 0. The molecule has 3 aliphatic rings. The molecule has 2 aliphatic heterocycles. The van der Waals surface area contributed by atoms with E-state index in [4.69, 9.17) is 25.2 Å². The fraction of sp³-hybridized carbons (Fsp3) is 0.529. The Balaban J connectivity index is 1.24. The summed E-state index contributed by atoms with van der Waals surface area (Å²) in [6.45, 7) is 8.35. The van der Waals surface area contributed by atoms with Crippen molar-refractivity contribution in [2.45, 2.75) is 96.1 Å². The number of methoxy groups -OCH3 is 1. The van der Waals surface area contributed by atoms with Crippen molar-refractivity contribution in [3.05, 3.63) is 41.6 Å². The molecule has 45 heavy (non-hydrogen) atoms. The molecule has 4 atom stereocenters. The zero-order chi connectivity index (χ0) is 31.8. The van der Waals surface area contributed by atoms with Crippen molar-refractivity contribution in [3.63, 3.8) is 0 Å². The molecule has 7 rings (SSSR count). The predicted molar refractivity (Wildman–Crippen MR) is 172 cm³/mol. The van der Waals surface area contributed by atoms with Crippen LogP contribution in [0.5, 0.6) is 5.75 Å². The van der Waals surface area contributed by atoms with Crippen LogP contribution >= 0.6 is 0 Å². The van der Waals surface area contributed by atoms with E-state index in [1.807, 2.05) is 62.4 Å². The van der Waals surface area contributed by atoms with E-state index in [0.717, 1.165) is 53.1 Å². The van der Waals surface area contributed by atoms with Crippen molar-refractivity contribution in [1.29, 1.82) is 0 Å². The van der Waals surface area contributed by atoms with Crippen LogP contribution in [0.25, 0.3) is 33.6 Å². The van der Waals surface area contributed by atoms with E-state index >= 15 is 0 Å². The van der Waals surface area contributed by atoms with Crippen molar-refractivity contribution in [3.8, 4) is 17.3 Å². The molecule has 1 aliphatic carbocycles. The van der Waals surface area contributed by atoms with E-state index < -0.39 is 11.7 Å². The summed E-state index contributed by atoms with van der Waals surface area (Å²) in [6, 6.07) is 9.61. The van der Waals surface area contributed by atoms with Gasteiger partial charge in [0.15, 0.2) is 5.82 Å². The number of aromatic nitrogens is 4. The molecule has 3 N–H and O–H groups in total. The Hall–Kier alpha value is -4.12. The van der Waals surface area contributed by atoms with E-state index in [1.165, 1.54) is 12.8 Å². The third kappa shape index (κ3) is 5.30. The molecule has 11 heteroatoms. The highest BCUT2D eigenvalue weighted by atomic mass is 16.6. The number of aryl methyl sites for hydroxylation is 1. The zero-order valence-corrected chi connectivity index (χ0v) is 27.0. The van der Waals surface area contributed by atoms with Gasteiger partial charge in [0, 0.05) is 36.6 Å². The van der Waals surface area contributed by atoms with Crippen molar-refractivity contribution >= 4 is 34.1 Å². The van der Waals surface area contributed by atoms with Crippen molar-refractivity contribution in [1.82, 2.24) is 29.3 Å². The van der Waals surface area contributed by atoms with Gasteiger partial charge in [-0.2, -0.15) is 0 Å². The molecular formula is C34H43N7O4. The van der Waals surface area contributed by atoms with Crippen LogP contribution in [-0.2, 0) is 18.3 Å². The first kappa shape index (κ1) is 29.6. The monoisotopic (exact) mass is 613 g/mol. The number of hydrogen-bond acceptors (Lipinski definition) is 7. The van der Waals surface area contributed by atoms with E-state index in [-0.39, 0.29) is 30.1 Å². The molecule has 5 heterocycles. The fourth-order valence-electron chi connectivity index (χ4n) is 7.21. The Labute approximate surface area is 263 Å². The molecule has 2 saturated heterocycles. The number of benzene rings is 1. The standard InChI is InChI=1S/C34H43N7O4/c1-18(35)23-11-9-20-14-27(40(30(20)36-23)17-19-7-8-19)31-37-25-13-21(15-28(44-6)29(25)39(31)5)32(42)41-22-10-12-26(41)24(16-22)38-33(43)45-34(2,3)4/h9,11,13-15,18-19,22,24,26H,7-8,10,12,16-17,35H2,1-6H3,(H,38,43)/t18-,22?,24-,26?/m1/s1. The summed E-state index contributed by atoms with van der Waals surface area (Å²) in [4.78, 5) is 38.6. The van der Waals surface area contributed by atoms with Gasteiger partial charge in [-0.05, 0) is 96.0 Å². The fourth-order valence-corrected chi connectivity index (χ4v) is 7.21. The average molecular weight is 614 g/mol. The molecule has 0 spiro atoms. The van der Waals surface area contributed by atoms with Crippen LogP contribution < -0.4 is 15.8 Å². The van der Waals surface area contributed by atoms with Crippen LogP contribution in [0.4, 0.5) is 4.79 Å². The predicted octanol–water partition coefficient (Wildman–Crippen LogP) is 5.30. The molecule has 2 bridgehead atoms. The second-order valence-corrected chi connectivity index (χ2v) is 14.1. The van der Waals surface area contributed by atoms with Crippen LogP contribution in [0.3, 0.4) is 0 Å². The van der Waals surface area contributed by atoms with E-state index in [2.05, 4.69) is 22.0 Å². The zero-order valence-electron chi connectivity index (χ0n) is 27.0. The molecule has 1 aromatic carbocycles. The Morgan fingerprint density at radius 1 is 1.11 bits per heavy atom. The van der Waals surface area contributed by atoms with Gasteiger partial charge in [-0.15, -0.1) is 0 Å². The summed E-state index contributed by atoms with van der Waals surface area (Å²) in [7, 11) is 3.61. The lowest BCUT2D eigenvalue weighted by Gasteiger charge is -2.27. The van der Waals surface area contributed by atoms with Crippen LogP contribution in [-0.4, -0.2) is 66.8 Å². The lowest BCUT2D eigenvalue weighted by Crippen LogP contribution is -2.46. The highest BCUT2D eigenvalue weighted by molar-refractivity contribution is 6.01. The van der Waals surface area contributed by atoms with Crippen LogP contribution in [0.1, 0.15) is 81.9 Å². The molecule has 238 valence electrons. The number of imidazole rings is 1. The topological polar surface area (TPSA) is 130 Å². The average Bonchev–Trinajstić information content (AvgIpc) is 3.29. The lowest BCUT2D eigenvalue weighted by molar-refractivity contribution is 0.0484. The van der Waals surface area contributed by atoms with Crippen molar-refractivity contribution in [2.75, 3.05) is 7.11 Å². The van der Waals surface area contributed by atoms with Crippen LogP contribution in [0.2, 0.25) is 0 Å². The van der Waals surface area contributed by atoms with Gasteiger partial charge in [-0.3, -0.25) is 4.79 Å². The number of nitrogens with one attached hydrogen (secondary N) is 1. The Bertz CT molecular complexity index is 1810. The number of amides is 2. The van der Waals surface area contributed by atoms with Gasteiger partial charge in [0.1, 0.15) is 22.5 Å². The summed E-state index contributed by atoms with van der Waals surface area (Å²) < 4.78 is 15.7. The molecule has 2 amide bonds. The minimum atomic E-state index is -0.584. The summed E-state index contributed by atoms with van der Waals surface area (Å²) in [5.41, 5.74) is 10.4. The molecular weight excluding hydrogens is 570 g/mol. The second kappa shape index (κ2) is 10.8. The third-order valence-corrected chi connectivity index (χ3v) is 9.47. The highest BCUT2D eigenvalue weighted by Gasteiger charge is 2.49. The van der Waals surface area contributed by atoms with E-state index in [9.17, 15) is 9.59 Å². The van der Waals surface area contributed by atoms with Crippen LogP contribution in [0.15, 0.2) is 30.3 Å². The molecule has 1 saturated carbocycles. The number of nitrogens with two attached hydrogens (primary N) is 1. The number of ether oxygens (including phenoxy) is 2. The van der Waals surface area contributed by atoms with Gasteiger partial charge in [0.2, 0.25) is 0 Å². The first-order chi connectivity index (χ1) is 21.4. The number of carbonyl (C=O) groups is 2. The maximum atomic E-state index is 14.1. The smallest absolute Gasteiger partial charge is 0.407 e. The molecule has 0 radical (unpaired) electrons. The third-order valence-electron chi connectivity index (χ3n) is 9.47. The normalized spacial score (nSPS) is 21.9. The van der Waals surface area contributed by atoms with E-state index in [1.54, 1.807) is 7.11 Å². The number of hydrogen-bond donors (Lipinski definition) is 2. The van der Waals surface area contributed by atoms with Gasteiger partial charge in [-0.1, -0.05) is 0 Å². The van der Waals surface area contributed by atoms with Crippen LogP contribution in [0, 0.1) is 5.92 Å². The summed E-state index contributed by atoms with van der Waals surface area (Å²) in [5.74, 6) is 1.93. The maximum Gasteiger partial charge on any atom is 0.407 e. The Kier molecular flexibility index (Phi) is 7.07. The first-order valence-electron chi connectivity index (χ1n) is 16.0. The minimum Gasteiger partial charge on any atom is -0.494 e. The highest BCUT2D eigenvalue weighted by Crippen LogP contribution is 2.41. The lowest BCUT2D eigenvalue weighted by atomic mass is 9.96. The number of carbonyl (C=O) groups excluding carboxylic acids is 2. The Morgan fingerprint density at radius 3 is 2.58 bits per heavy atom. The van der Waals surface area contributed by atoms with E-state index in [0.29, 0.717) is 29.2 Å². The number of nitrogens with zero attached hydrogens (tertiary/aromatic N) is 5. The van der Waals surface area contributed by atoms with Gasteiger partial charge >= 0.3 is 6.09 Å². The molecule has 3 fully saturated rings. The number of rotatable bonds is 7. The van der Waals surface area contributed by atoms with Crippen molar-refractivity contribution in [2.24, 2.45) is 18.7 Å². The number of pyridine rings is 1. The number of fused-ring (bicyclic) bond motifs is 4. The summed E-state index contributed by atoms with van der Waals surface area (Å²) in [6.07, 6.45) is 4.45. The van der Waals surface area contributed by atoms with Crippen molar-refractivity contribution < 1.29 is 19.1 Å². The van der Waals surface area contributed by atoms with Gasteiger partial charge in [-0.25, -0.2) is 14.8 Å². The van der Waals surface area contributed by atoms with Gasteiger partial charge < -0.3 is 34.6 Å². The summed E-state index contributed by atoms with van der Waals surface area (Å²) in [5, 5.41) is 4.06. The quantitative estimate of drug-likeness (QED) is 0.289. The minimum absolute atomic E-state index is 0.0650.